The Morgan fingerprint density at radius 3 is 1.05 bits per heavy atom. The topological polar surface area (TPSA) is 78.9 Å². The quantitative estimate of drug-likeness (QED) is 0.0262. The van der Waals surface area contributed by atoms with Gasteiger partial charge < -0.3 is 14.2 Å². The molecule has 0 amide bonds. The van der Waals surface area contributed by atoms with Crippen LogP contribution in [0.2, 0.25) is 0 Å². The fraction of sp³-hybridized carbons (Fsp3) is 0.717. The van der Waals surface area contributed by atoms with E-state index in [4.69, 9.17) is 14.2 Å². The molecule has 6 nitrogen and oxygen atoms in total. The van der Waals surface area contributed by atoms with Gasteiger partial charge in [0.1, 0.15) is 13.2 Å². The Balaban J connectivity index is 4.45. The second-order valence-corrected chi connectivity index (χ2v) is 18.1. The van der Waals surface area contributed by atoms with Crippen LogP contribution in [0.25, 0.3) is 0 Å². The average Bonchev–Trinajstić information content (AvgIpc) is 3.31. The predicted molar refractivity (Wildman–Crippen MR) is 284 cm³/mol. The Morgan fingerprint density at radius 2 is 0.621 bits per heavy atom. The van der Waals surface area contributed by atoms with Crippen LogP contribution in [0.1, 0.15) is 258 Å². The monoisotopic (exact) mass is 919 g/mol. The molecule has 0 heterocycles. The SMILES string of the molecule is CC/C=C\C/C=C\C/C=C\C/C=C\CCC(=O)OCC(COC(=O)CCCCCCCCCCC/C=C\CCCCCCCC)OC(=O)CCCCCCC/C=C\C/C=C\CCCCCC. The van der Waals surface area contributed by atoms with Gasteiger partial charge in [-0.05, 0) is 103 Å². The first-order chi connectivity index (χ1) is 32.5. The van der Waals surface area contributed by atoms with Crippen LogP contribution in [0.15, 0.2) is 85.1 Å². The van der Waals surface area contributed by atoms with Crippen molar-refractivity contribution in [2.75, 3.05) is 13.2 Å². The molecule has 0 aliphatic carbocycles. The number of hydrogen-bond donors (Lipinski definition) is 0. The number of carbonyl (C=O) groups excluding carboxylic acids is 3. The summed E-state index contributed by atoms with van der Waals surface area (Å²) in [5, 5.41) is 0. The minimum Gasteiger partial charge on any atom is -0.462 e. The van der Waals surface area contributed by atoms with E-state index in [1.54, 1.807) is 0 Å². The van der Waals surface area contributed by atoms with Gasteiger partial charge in [-0.3, -0.25) is 14.4 Å². The van der Waals surface area contributed by atoms with Crippen LogP contribution in [0.5, 0.6) is 0 Å². The number of hydrogen-bond acceptors (Lipinski definition) is 6. The van der Waals surface area contributed by atoms with Crippen molar-refractivity contribution in [3.63, 3.8) is 0 Å². The molecule has 0 aromatic heterocycles. The van der Waals surface area contributed by atoms with E-state index >= 15 is 0 Å². The fourth-order valence-corrected chi connectivity index (χ4v) is 7.48. The van der Waals surface area contributed by atoms with E-state index in [0.29, 0.717) is 19.3 Å². The lowest BCUT2D eigenvalue weighted by Crippen LogP contribution is -2.30. The van der Waals surface area contributed by atoms with Crippen LogP contribution in [0.3, 0.4) is 0 Å². The fourth-order valence-electron chi connectivity index (χ4n) is 7.48. The third kappa shape index (κ3) is 51.6. The van der Waals surface area contributed by atoms with Crippen molar-refractivity contribution in [3.8, 4) is 0 Å². The summed E-state index contributed by atoms with van der Waals surface area (Å²) in [6.07, 6.45) is 70.1. The van der Waals surface area contributed by atoms with Crippen molar-refractivity contribution in [1.82, 2.24) is 0 Å². The third-order valence-electron chi connectivity index (χ3n) is 11.6. The molecule has 378 valence electrons. The maximum Gasteiger partial charge on any atom is 0.306 e. The molecule has 0 rings (SSSR count). The molecular formula is C60H102O6. The zero-order valence-corrected chi connectivity index (χ0v) is 43.2. The van der Waals surface area contributed by atoms with E-state index in [-0.39, 0.29) is 37.5 Å². The zero-order valence-electron chi connectivity index (χ0n) is 43.2. The molecule has 0 aromatic carbocycles. The largest absolute Gasteiger partial charge is 0.462 e. The highest BCUT2D eigenvalue weighted by Crippen LogP contribution is 2.14. The number of rotatable bonds is 49. The molecule has 0 saturated carbocycles. The van der Waals surface area contributed by atoms with Gasteiger partial charge in [-0.2, -0.15) is 0 Å². The molecule has 0 radical (unpaired) electrons. The smallest absolute Gasteiger partial charge is 0.306 e. The van der Waals surface area contributed by atoms with Gasteiger partial charge in [0.25, 0.3) is 0 Å². The molecule has 0 bridgehead atoms. The molecular weight excluding hydrogens is 817 g/mol. The Labute approximate surface area is 407 Å². The standard InChI is InChI=1S/C60H102O6/c1-4-7-10-13-16-19-22-25-27-29-30-31-33-35-38-41-44-47-50-53-59(62)65-56-57(55-64-58(61)52-49-46-43-40-37-34-24-21-18-15-12-9-6-3)66-60(63)54-51-48-45-42-39-36-32-28-26-23-20-17-14-11-8-5-2/h9,12,18,20-21,23,25,27-28,32,34,37,43,46,57H,4-8,10-11,13-17,19,22,24,26,29-31,33,35-36,38-42,44-45,47-56H2,1-3H3/b12-9-,21-18-,23-20-,27-25-,32-28-,37-34-,46-43-. The first kappa shape index (κ1) is 62.6. The highest BCUT2D eigenvalue weighted by Gasteiger charge is 2.19. The van der Waals surface area contributed by atoms with Crippen molar-refractivity contribution in [3.05, 3.63) is 85.1 Å². The van der Waals surface area contributed by atoms with Crippen molar-refractivity contribution in [1.29, 1.82) is 0 Å². The molecule has 0 spiro atoms. The molecule has 0 aliphatic rings. The van der Waals surface area contributed by atoms with Gasteiger partial charge in [-0.15, -0.1) is 0 Å². The Kier molecular flexibility index (Phi) is 51.4. The van der Waals surface area contributed by atoms with Gasteiger partial charge in [0, 0.05) is 19.3 Å². The highest BCUT2D eigenvalue weighted by molar-refractivity contribution is 5.71. The van der Waals surface area contributed by atoms with E-state index in [0.717, 1.165) is 89.9 Å². The van der Waals surface area contributed by atoms with E-state index in [1.807, 2.05) is 12.2 Å². The molecule has 0 saturated heterocycles. The lowest BCUT2D eigenvalue weighted by molar-refractivity contribution is -0.166. The molecule has 0 aliphatic heterocycles. The third-order valence-corrected chi connectivity index (χ3v) is 11.6. The summed E-state index contributed by atoms with van der Waals surface area (Å²) < 4.78 is 16.7. The minimum atomic E-state index is -0.813. The Morgan fingerprint density at radius 1 is 0.318 bits per heavy atom. The average molecular weight is 919 g/mol. The maximum atomic E-state index is 12.8. The first-order valence-corrected chi connectivity index (χ1v) is 27.6. The van der Waals surface area contributed by atoms with E-state index in [2.05, 4.69) is 93.7 Å². The van der Waals surface area contributed by atoms with Crippen LogP contribution < -0.4 is 0 Å². The lowest BCUT2D eigenvalue weighted by Gasteiger charge is -2.18. The number of esters is 3. The molecule has 1 atom stereocenters. The van der Waals surface area contributed by atoms with Gasteiger partial charge in [0.05, 0.1) is 0 Å². The molecule has 1 unspecified atom stereocenters. The van der Waals surface area contributed by atoms with Gasteiger partial charge in [0.2, 0.25) is 0 Å². The Bertz CT molecular complexity index is 1290. The number of allylic oxidation sites excluding steroid dienone is 14. The van der Waals surface area contributed by atoms with Crippen molar-refractivity contribution < 1.29 is 28.6 Å². The summed E-state index contributed by atoms with van der Waals surface area (Å²) in [5.74, 6) is -1.00. The zero-order chi connectivity index (χ0) is 47.9. The molecule has 0 N–H and O–H groups in total. The highest BCUT2D eigenvalue weighted by atomic mass is 16.6. The van der Waals surface area contributed by atoms with Crippen LogP contribution in [-0.4, -0.2) is 37.2 Å². The number of unbranched alkanes of at least 4 members (excludes halogenated alkanes) is 24. The predicted octanol–water partition coefficient (Wildman–Crippen LogP) is 18.4. The number of ether oxygens (including phenoxy) is 3. The summed E-state index contributed by atoms with van der Waals surface area (Å²) >= 11 is 0. The second-order valence-electron chi connectivity index (χ2n) is 18.1. The summed E-state index contributed by atoms with van der Waals surface area (Å²) in [6.45, 7) is 6.43. The normalized spacial score (nSPS) is 12.7. The van der Waals surface area contributed by atoms with Crippen molar-refractivity contribution >= 4 is 17.9 Å². The van der Waals surface area contributed by atoms with Gasteiger partial charge in [0.15, 0.2) is 6.10 Å². The molecule has 6 heteroatoms. The maximum absolute atomic E-state index is 12.8. The van der Waals surface area contributed by atoms with Gasteiger partial charge >= 0.3 is 17.9 Å². The van der Waals surface area contributed by atoms with Crippen LogP contribution in [0.4, 0.5) is 0 Å². The second kappa shape index (κ2) is 54.2. The minimum absolute atomic E-state index is 0.105. The van der Waals surface area contributed by atoms with Crippen molar-refractivity contribution in [2.24, 2.45) is 0 Å². The van der Waals surface area contributed by atoms with Crippen LogP contribution in [0, 0.1) is 0 Å². The molecule has 66 heavy (non-hydrogen) atoms. The Hall–Kier alpha value is -3.41. The van der Waals surface area contributed by atoms with Crippen molar-refractivity contribution in [2.45, 2.75) is 264 Å². The van der Waals surface area contributed by atoms with Gasteiger partial charge in [-0.25, -0.2) is 0 Å². The summed E-state index contributed by atoms with van der Waals surface area (Å²) in [7, 11) is 0. The number of carbonyl (C=O) groups is 3. The van der Waals surface area contributed by atoms with Crippen LogP contribution in [-0.2, 0) is 28.6 Å². The molecule has 0 fully saturated rings. The first-order valence-electron chi connectivity index (χ1n) is 27.6. The lowest BCUT2D eigenvalue weighted by atomic mass is 10.1. The summed E-state index contributed by atoms with van der Waals surface area (Å²) in [6, 6.07) is 0. The summed E-state index contributed by atoms with van der Waals surface area (Å²) in [4.78, 5) is 38.0. The van der Waals surface area contributed by atoms with E-state index in [9.17, 15) is 14.4 Å². The van der Waals surface area contributed by atoms with E-state index in [1.165, 1.54) is 122 Å². The molecule has 0 aromatic rings. The van der Waals surface area contributed by atoms with E-state index < -0.39 is 6.10 Å². The van der Waals surface area contributed by atoms with Crippen LogP contribution >= 0.6 is 0 Å². The summed E-state index contributed by atoms with van der Waals surface area (Å²) in [5.41, 5.74) is 0. The van der Waals surface area contributed by atoms with Gasteiger partial charge in [-0.1, -0.05) is 221 Å².